The Hall–Kier alpha value is -2.35. The number of rotatable bonds is 6. The number of carbonyl (C=O) groups is 1. The molecule has 0 bridgehead atoms. The molecule has 1 heterocycles. The normalized spacial score (nSPS) is 15.0. The maximum absolute atomic E-state index is 11.3. The summed E-state index contributed by atoms with van der Waals surface area (Å²) in [5, 5.41) is 14.8. The molecular formula is C15H23N4O4+. The first kappa shape index (κ1) is 17.0. The molecule has 1 amide bonds. The van der Waals surface area contributed by atoms with E-state index in [9.17, 15) is 14.9 Å². The molecular weight excluding hydrogens is 300 g/mol. The van der Waals surface area contributed by atoms with Crippen LogP contribution in [0.2, 0.25) is 0 Å². The third kappa shape index (κ3) is 5.10. The van der Waals surface area contributed by atoms with Gasteiger partial charge in [-0.2, -0.15) is 0 Å². The summed E-state index contributed by atoms with van der Waals surface area (Å²) in [6.07, 6.45) is 3.10. The fourth-order valence-corrected chi connectivity index (χ4v) is 2.62. The van der Waals surface area contributed by atoms with E-state index in [-0.39, 0.29) is 10.6 Å². The molecule has 126 valence electrons. The second kappa shape index (κ2) is 8.33. The minimum atomic E-state index is -0.642. The first-order valence-corrected chi connectivity index (χ1v) is 7.71. The van der Waals surface area contributed by atoms with Crippen LogP contribution >= 0.6 is 0 Å². The molecule has 0 radical (unpaired) electrons. The van der Waals surface area contributed by atoms with E-state index in [1.54, 1.807) is 12.1 Å². The van der Waals surface area contributed by atoms with Gasteiger partial charge in [-0.1, -0.05) is 6.42 Å². The summed E-state index contributed by atoms with van der Waals surface area (Å²) in [5.41, 5.74) is 0.913. The quantitative estimate of drug-likeness (QED) is 0.697. The van der Waals surface area contributed by atoms with E-state index in [0.717, 1.165) is 19.6 Å². The van der Waals surface area contributed by atoms with Gasteiger partial charge in [0, 0.05) is 19.2 Å². The number of hydrogen-bond acceptors (Lipinski definition) is 5. The van der Waals surface area contributed by atoms with Crippen molar-refractivity contribution in [1.29, 1.82) is 0 Å². The molecule has 3 N–H and O–H groups in total. The fraction of sp³-hybridized carbons (Fsp3) is 0.533. The molecule has 1 aliphatic heterocycles. The van der Waals surface area contributed by atoms with Gasteiger partial charge in [-0.25, -0.2) is 10.0 Å². The van der Waals surface area contributed by atoms with Gasteiger partial charge in [-0.15, -0.1) is 0 Å². The molecule has 23 heavy (non-hydrogen) atoms. The predicted molar refractivity (Wildman–Crippen MR) is 86.3 cm³/mol. The van der Waals surface area contributed by atoms with Crippen LogP contribution in [0.5, 0.6) is 0 Å². The Labute approximate surface area is 134 Å². The van der Waals surface area contributed by atoms with Crippen LogP contribution in [0.1, 0.15) is 19.3 Å². The lowest BCUT2D eigenvalue weighted by molar-refractivity contribution is -0.729. The van der Waals surface area contributed by atoms with Crippen molar-refractivity contribution >= 4 is 23.2 Å². The molecule has 0 atom stereocenters. The minimum Gasteiger partial charge on any atom is -0.453 e. The van der Waals surface area contributed by atoms with Gasteiger partial charge >= 0.3 is 11.8 Å². The van der Waals surface area contributed by atoms with Crippen molar-refractivity contribution in [3.63, 3.8) is 0 Å². The highest BCUT2D eigenvalue weighted by molar-refractivity contribution is 5.86. The Morgan fingerprint density at radius 2 is 2.09 bits per heavy atom. The molecule has 1 aliphatic rings. The monoisotopic (exact) mass is 323 g/mol. The van der Waals surface area contributed by atoms with Crippen LogP contribution in [-0.2, 0) is 4.74 Å². The third-order valence-electron chi connectivity index (χ3n) is 3.83. The summed E-state index contributed by atoms with van der Waals surface area (Å²) < 4.78 is 4.49. The zero-order chi connectivity index (χ0) is 16.7. The van der Waals surface area contributed by atoms with Gasteiger partial charge in [-0.05, 0) is 38.1 Å². The van der Waals surface area contributed by atoms with Gasteiger partial charge in [0.15, 0.2) is 0 Å². The second-order valence-corrected chi connectivity index (χ2v) is 5.45. The Balaban J connectivity index is 1.96. The number of nitrogens with zero attached hydrogens (tertiary/aromatic N) is 2. The van der Waals surface area contributed by atoms with Crippen LogP contribution < -0.4 is 10.6 Å². The summed E-state index contributed by atoms with van der Waals surface area (Å²) in [4.78, 5) is 24.7. The summed E-state index contributed by atoms with van der Waals surface area (Å²) in [6, 6.07) is 4.65. The molecule has 0 unspecified atom stereocenters. The Morgan fingerprint density at radius 3 is 2.74 bits per heavy atom. The van der Waals surface area contributed by atoms with Gasteiger partial charge in [0.05, 0.1) is 17.7 Å². The maximum Gasteiger partial charge on any atom is 0.411 e. The molecule has 0 spiro atoms. The highest BCUT2D eigenvalue weighted by Crippen LogP contribution is 2.27. The molecule has 0 aliphatic carbocycles. The number of hydrogen-bond donors (Lipinski definition) is 3. The van der Waals surface area contributed by atoms with Crippen molar-refractivity contribution in [1.82, 2.24) is 4.90 Å². The Kier molecular flexibility index (Phi) is 6.16. The van der Waals surface area contributed by atoms with E-state index in [2.05, 4.69) is 20.3 Å². The van der Waals surface area contributed by atoms with E-state index in [1.807, 2.05) is 0 Å². The Bertz CT molecular complexity index is 558. The standard InChI is InChI=1S/C15H22N4O4/c1-23-15(20)17-12-5-6-13(14(11-12)19(21)22)16-7-10-18-8-3-2-4-9-18/h5-6,11,16H,2-4,7-10H2,1H3,(H-,17,20,21,22)/p+1. The molecule has 8 heteroatoms. The van der Waals surface area contributed by atoms with Gasteiger partial charge in [0.25, 0.3) is 4.92 Å². The minimum absolute atomic E-state index is 0.0394. The summed E-state index contributed by atoms with van der Waals surface area (Å²) >= 11 is 0. The number of ether oxygens (including phenoxy) is 1. The molecule has 0 aromatic heterocycles. The fourth-order valence-electron chi connectivity index (χ4n) is 2.62. The van der Waals surface area contributed by atoms with Crippen LogP contribution in [0.25, 0.3) is 0 Å². The van der Waals surface area contributed by atoms with Crippen LogP contribution in [-0.4, -0.2) is 54.4 Å². The summed E-state index contributed by atoms with van der Waals surface area (Å²) in [7, 11) is 1.25. The van der Waals surface area contributed by atoms with Crippen molar-refractivity contribution in [2.75, 3.05) is 43.9 Å². The molecule has 0 saturated carbocycles. The maximum atomic E-state index is 11.3. The van der Waals surface area contributed by atoms with Crippen molar-refractivity contribution in [2.24, 2.45) is 0 Å². The zero-order valence-electron chi connectivity index (χ0n) is 13.2. The van der Waals surface area contributed by atoms with Gasteiger partial charge in [-0.3, -0.25) is 5.32 Å². The summed E-state index contributed by atoms with van der Waals surface area (Å²) in [5.74, 6) is 0. The van der Waals surface area contributed by atoms with Crippen LogP contribution in [0.15, 0.2) is 18.2 Å². The first-order chi connectivity index (χ1) is 11.1. The van der Waals surface area contributed by atoms with E-state index in [1.165, 1.54) is 32.4 Å². The SMILES string of the molecule is COC(=O)Nc1ccc(NCCN2CCCCC2)c([N+](=O)O)c1. The van der Waals surface area contributed by atoms with Crippen LogP contribution in [0.4, 0.5) is 21.9 Å². The average Bonchev–Trinajstić information content (AvgIpc) is 2.56. The van der Waals surface area contributed by atoms with Crippen LogP contribution in [0, 0.1) is 4.91 Å². The van der Waals surface area contributed by atoms with Crippen molar-refractivity contribution in [3.05, 3.63) is 23.1 Å². The number of benzene rings is 1. The number of anilines is 2. The van der Waals surface area contributed by atoms with E-state index >= 15 is 0 Å². The lowest BCUT2D eigenvalue weighted by Gasteiger charge is -2.26. The Morgan fingerprint density at radius 1 is 1.35 bits per heavy atom. The zero-order valence-corrected chi connectivity index (χ0v) is 13.2. The number of piperidine rings is 1. The topological polar surface area (TPSA) is 93.9 Å². The van der Waals surface area contributed by atoms with Gasteiger partial charge in [0.1, 0.15) is 5.69 Å². The molecule has 2 rings (SSSR count). The molecule has 1 saturated heterocycles. The average molecular weight is 323 g/mol. The van der Waals surface area contributed by atoms with Gasteiger partial charge in [0.2, 0.25) is 0 Å². The third-order valence-corrected chi connectivity index (χ3v) is 3.83. The highest BCUT2D eigenvalue weighted by Gasteiger charge is 2.20. The second-order valence-electron chi connectivity index (χ2n) is 5.45. The summed E-state index contributed by atoms with van der Waals surface area (Å²) in [6.45, 7) is 3.75. The molecule has 1 aromatic carbocycles. The molecule has 8 nitrogen and oxygen atoms in total. The number of nitrogens with one attached hydrogen (secondary N) is 2. The number of likely N-dealkylation sites (tertiary alicyclic amines) is 1. The highest BCUT2D eigenvalue weighted by atomic mass is 16.6. The number of carbonyl (C=O) groups excluding carboxylic acids is 1. The molecule has 1 aromatic rings. The van der Waals surface area contributed by atoms with E-state index < -0.39 is 6.09 Å². The predicted octanol–water partition coefficient (Wildman–Crippen LogP) is 2.56. The van der Waals surface area contributed by atoms with Crippen molar-refractivity contribution in [2.45, 2.75) is 19.3 Å². The number of amides is 1. The number of methoxy groups -OCH3 is 1. The van der Waals surface area contributed by atoms with Gasteiger partial charge < -0.3 is 15.0 Å². The van der Waals surface area contributed by atoms with Crippen molar-refractivity contribution < 1.29 is 19.7 Å². The largest absolute Gasteiger partial charge is 0.453 e. The van der Waals surface area contributed by atoms with E-state index in [4.69, 9.17) is 0 Å². The smallest absolute Gasteiger partial charge is 0.411 e. The van der Waals surface area contributed by atoms with Crippen molar-refractivity contribution in [3.8, 4) is 0 Å². The lowest BCUT2D eigenvalue weighted by atomic mass is 10.1. The first-order valence-electron chi connectivity index (χ1n) is 7.71. The van der Waals surface area contributed by atoms with Crippen LogP contribution in [0.3, 0.4) is 0 Å². The molecule has 1 fully saturated rings. The van der Waals surface area contributed by atoms with E-state index in [0.29, 0.717) is 17.9 Å². The lowest BCUT2D eigenvalue weighted by Crippen LogP contribution is -2.33.